The van der Waals surface area contributed by atoms with Crippen molar-refractivity contribution in [3.63, 3.8) is 0 Å². The number of hydrogen-bond acceptors (Lipinski definition) is 5. The van der Waals surface area contributed by atoms with Gasteiger partial charge in [0.05, 0.1) is 18.4 Å². The van der Waals surface area contributed by atoms with Crippen molar-refractivity contribution in [1.82, 2.24) is 19.9 Å². The summed E-state index contributed by atoms with van der Waals surface area (Å²) >= 11 is 0. The van der Waals surface area contributed by atoms with Crippen LogP contribution in [0, 0.1) is 0 Å². The smallest absolute Gasteiger partial charge is 0.321 e. The monoisotopic (exact) mass is 335 g/mol. The largest absolute Gasteiger partial charge is 0.439 e. The Morgan fingerprint density at radius 2 is 1.96 bits per heavy atom. The first-order valence-corrected chi connectivity index (χ1v) is 7.67. The number of hydrogen-bond donors (Lipinski definition) is 1. The van der Waals surface area contributed by atoms with Crippen LogP contribution >= 0.6 is 0 Å². The summed E-state index contributed by atoms with van der Waals surface area (Å²) in [6.45, 7) is 0.359. The molecule has 7 nitrogen and oxygen atoms in total. The number of benzene rings is 1. The second-order valence-electron chi connectivity index (χ2n) is 5.28. The number of carbonyl (C=O) groups is 1. The summed E-state index contributed by atoms with van der Waals surface area (Å²) in [6.07, 6.45) is 6.39. The van der Waals surface area contributed by atoms with E-state index in [1.807, 2.05) is 30.3 Å². The fourth-order valence-corrected chi connectivity index (χ4v) is 2.10. The predicted molar refractivity (Wildman–Crippen MR) is 93.3 cm³/mol. The lowest BCUT2D eigenvalue weighted by Gasteiger charge is -2.17. The molecular weight excluding hydrogens is 318 g/mol. The number of para-hydroxylation sites is 1. The van der Waals surface area contributed by atoms with E-state index in [0.29, 0.717) is 29.6 Å². The minimum absolute atomic E-state index is 0.262. The van der Waals surface area contributed by atoms with Crippen LogP contribution in [0.15, 0.2) is 67.3 Å². The van der Waals surface area contributed by atoms with Gasteiger partial charge in [0, 0.05) is 37.4 Å². The van der Waals surface area contributed by atoms with E-state index in [4.69, 9.17) is 4.74 Å². The maximum Gasteiger partial charge on any atom is 0.321 e. The average Bonchev–Trinajstić information content (AvgIpc) is 2.63. The van der Waals surface area contributed by atoms with Gasteiger partial charge >= 0.3 is 6.03 Å². The Hall–Kier alpha value is -3.48. The topological polar surface area (TPSA) is 80.2 Å². The number of nitrogens with one attached hydrogen (secondary N) is 1. The van der Waals surface area contributed by atoms with Crippen molar-refractivity contribution in [2.75, 3.05) is 12.4 Å². The van der Waals surface area contributed by atoms with E-state index < -0.39 is 0 Å². The summed E-state index contributed by atoms with van der Waals surface area (Å²) in [6, 6.07) is 12.4. The highest BCUT2D eigenvalue weighted by atomic mass is 16.5. The maximum atomic E-state index is 12.3. The Kier molecular flexibility index (Phi) is 5.16. The van der Waals surface area contributed by atoms with Gasteiger partial charge in [0.25, 0.3) is 0 Å². The average molecular weight is 335 g/mol. The molecule has 0 spiro atoms. The van der Waals surface area contributed by atoms with Gasteiger partial charge in [-0.05, 0) is 18.2 Å². The SMILES string of the molecule is CN(Cc1cnccn1)C(=O)Nc1ccnc(Oc2ccccc2)c1. The molecule has 0 aliphatic heterocycles. The van der Waals surface area contributed by atoms with Crippen LogP contribution < -0.4 is 10.1 Å². The third-order valence-corrected chi connectivity index (χ3v) is 3.31. The fraction of sp³-hybridized carbons (Fsp3) is 0.111. The van der Waals surface area contributed by atoms with Gasteiger partial charge in [-0.3, -0.25) is 9.97 Å². The summed E-state index contributed by atoms with van der Waals surface area (Å²) in [5.41, 5.74) is 1.31. The van der Waals surface area contributed by atoms with Crippen LogP contribution in [0.3, 0.4) is 0 Å². The number of rotatable bonds is 5. The first-order chi connectivity index (χ1) is 12.2. The molecule has 0 aliphatic carbocycles. The van der Waals surface area contributed by atoms with E-state index >= 15 is 0 Å². The van der Waals surface area contributed by atoms with Crippen molar-refractivity contribution in [2.45, 2.75) is 6.54 Å². The molecule has 25 heavy (non-hydrogen) atoms. The molecule has 0 bridgehead atoms. The number of aromatic nitrogens is 3. The third-order valence-electron chi connectivity index (χ3n) is 3.31. The standard InChI is InChI=1S/C18H17N5O2/c1-23(13-15-12-19-9-10-20-15)18(24)22-14-7-8-21-17(11-14)25-16-5-3-2-4-6-16/h2-12H,13H2,1H3,(H,21,22,24). The van der Waals surface area contributed by atoms with Gasteiger partial charge in [-0.15, -0.1) is 0 Å². The van der Waals surface area contributed by atoms with E-state index in [1.54, 1.807) is 44.0 Å². The zero-order valence-corrected chi connectivity index (χ0v) is 13.7. The molecule has 0 fully saturated rings. The highest BCUT2D eigenvalue weighted by Crippen LogP contribution is 2.21. The van der Waals surface area contributed by atoms with Crippen LogP contribution in [-0.4, -0.2) is 32.9 Å². The van der Waals surface area contributed by atoms with E-state index in [2.05, 4.69) is 20.3 Å². The molecule has 3 aromatic rings. The van der Waals surface area contributed by atoms with Gasteiger partial charge < -0.3 is 15.0 Å². The van der Waals surface area contributed by atoms with Crippen molar-refractivity contribution >= 4 is 11.7 Å². The molecule has 126 valence electrons. The van der Waals surface area contributed by atoms with Crippen molar-refractivity contribution in [1.29, 1.82) is 0 Å². The van der Waals surface area contributed by atoms with Crippen molar-refractivity contribution in [3.05, 3.63) is 72.9 Å². The molecule has 2 heterocycles. The highest BCUT2D eigenvalue weighted by Gasteiger charge is 2.11. The third kappa shape index (κ3) is 4.74. The first kappa shape index (κ1) is 16.4. The minimum Gasteiger partial charge on any atom is -0.439 e. The Morgan fingerprint density at radius 1 is 1.12 bits per heavy atom. The molecule has 0 aliphatic rings. The van der Waals surface area contributed by atoms with Gasteiger partial charge in [0.2, 0.25) is 5.88 Å². The first-order valence-electron chi connectivity index (χ1n) is 7.67. The van der Waals surface area contributed by atoms with E-state index in [0.717, 1.165) is 0 Å². The molecule has 0 saturated heterocycles. The number of carbonyl (C=O) groups excluding carboxylic acids is 1. The Labute approximate surface area is 145 Å². The number of nitrogens with zero attached hydrogens (tertiary/aromatic N) is 4. The number of urea groups is 1. The van der Waals surface area contributed by atoms with E-state index in [-0.39, 0.29) is 6.03 Å². The fourth-order valence-electron chi connectivity index (χ4n) is 2.10. The zero-order chi connectivity index (χ0) is 17.5. The molecule has 0 unspecified atom stereocenters. The van der Waals surface area contributed by atoms with Gasteiger partial charge in [0.15, 0.2) is 0 Å². The summed E-state index contributed by atoms with van der Waals surface area (Å²) < 4.78 is 5.66. The second kappa shape index (κ2) is 7.87. The molecule has 3 rings (SSSR count). The van der Waals surface area contributed by atoms with E-state index in [9.17, 15) is 4.79 Å². The molecule has 0 atom stereocenters. The molecule has 1 aromatic carbocycles. The van der Waals surface area contributed by atoms with E-state index in [1.165, 1.54) is 4.90 Å². The highest BCUT2D eigenvalue weighted by molar-refractivity contribution is 5.89. The number of pyridine rings is 1. The molecule has 0 saturated carbocycles. The summed E-state index contributed by atoms with van der Waals surface area (Å²) in [5, 5.41) is 2.81. The quantitative estimate of drug-likeness (QED) is 0.773. The van der Waals surface area contributed by atoms with Crippen LogP contribution in [0.1, 0.15) is 5.69 Å². The summed E-state index contributed by atoms with van der Waals surface area (Å²) in [5.74, 6) is 1.08. The molecule has 2 aromatic heterocycles. The van der Waals surface area contributed by atoms with Crippen LogP contribution in [0.5, 0.6) is 11.6 Å². The maximum absolute atomic E-state index is 12.3. The molecular formula is C18H17N5O2. The molecule has 2 amide bonds. The van der Waals surface area contributed by atoms with Crippen LogP contribution in [-0.2, 0) is 6.54 Å². The lowest BCUT2D eigenvalue weighted by atomic mass is 10.3. The number of amides is 2. The Morgan fingerprint density at radius 3 is 2.72 bits per heavy atom. The molecule has 1 N–H and O–H groups in total. The molecule has 7 heteroatoms. The van der Waals surface area contributed by atoms with Crippen molar-refractivity contribution in [3.8, 4) is 11.6 Å². The van der Waals surface area contributed by atoms with Gasteiger partial charge in [0.1, 0.15) is 5.75 Å². The van der Waals surface area contributed by atoms with Crippen LogP contribution in [0.25, 0.3) is 0 Å². The van der Waals surface area contributed by atoms with Crippen molar-refractivity contribution in [2.24, 2.45) is 0 Å². The predicted octanol–water partition coefficient (Wildman–Crippen LogP) is 3.33. The summed E-state index contributed by atoms with van der Waals surface area (Å²) in [7, 11) is 1.69. The minimum atomic E-state index is -0.262. The van der Waals surface area contributed by atoms with Crippen LogP contribution in [0.4, 0.5) is 10.5 Å². The zero-order valence-electron chi connectivity index (χ0n) is 13.7. The molecule has 0 radical (unpaired) electrons. The normalized spacial score (nSPS) is 10.1. The van der Waals surface area contributed by atoms with Crippen molar-refractivity contribution < 1.29 is 9.53 Å². The lowest BCUT2D eigenvalue weighted by Crippen LogP contribution is -2.31. The Balaban J connectivity index is 1.62. The van der Waals surface area contributed by atoms with Gasteiger partial charge in [-0.2, -0.15) is 0 Å². The summed E-state index contributed by atoms with van der Waals surface area (Å²) in [4.78, 5) is 26.1. The van der Waals surface area contributed by atoms with Gasteiger partial charge in [-0.25, -0.2) is 9.78 Å². The lowest BCUT2D eigenvalue weighted by molar-refractivity contribution is 0.220. The second-order valence-corrected chi connectivity index (χ2v) is 5.28. The Bertz CT molecular complexity index is 827. The number of ether oxygens (including phenoxy) is 1. The van der Waals surface area contributed by atoms with Gasteiger partial charge in [-0.1, -0.05) is 18.2 Å². The van der Waals surface area contributed by atoms with Crippen LogP contribution in [0.2, 0.25) is 0 Å². The number of anilines is 1.